The van der Waals surface area contributed by atoms with Gasteiger partial charge >= 0.3 is 0 Å². The van der Waals surface area contributed by atoms with Gasteiger partial charge in [0, 0.05) is 7.11 Å². The summed E-state index contributed by atoms with van der Waals surface area (Å²) in [6, 6.07) is 11.9. The van der Waals surface area contributed by atoms with E-state index in [1.807, 2.05) is 36.4 Å². The summed E-state index contributed by atoms with van der Waals surface area (Å²) < 4.78 is 16.2. The van der Waals surface area contributed by atoms with Gasteiger partial charge in [-0.2, -0.15) is 0 Å². The highest BCUT2D eigenvalue weighted by Crippen LogP contribution is 2.39. The fourth-order valence-corrected chi connectivity index (χ4v) is 2.17. The van der Waals surface area contributed by atoms with Gasteiger partial charge < -0.3 is 14.2 Å². The van der Waals surface area contributed by atoms with Gasteiger partial charge in [-0.1, -0.05) is 24.3 Å². The molecule has 0 aliphatic carbocycles. The lowest BCUT2D eigenvalue weighted by Gasteiger charge is -2.15. The number of methoxy groups -OCH3 is 3. The minimum Gasteiger partial charge on any atom is -0.496 e. The van der Waals surface area contributed by atoms with Crippen LogP contribution in [0.3, 0.4) is 0 Å². The standard InChI is InChI=1S/C17H19O3/c1-12-5-7-14(8-6-12)17-15(19-3)9-13(11-18-2)10-16(17)20-4/h5-10H,1,11H2,2-4H3. The molecular formula is C17H19O3. The first-order valence-electron chi connectivity index (χ1n) is 6.35. The lowest BCUT2D eigenvalue weighted by Crippen LogP contribution is -1.97. The smallest absolute Gasteiger partial charge is 0.130 e. The van der Waals surface area contributed by atoms with E-state index in [0.717, 1.165) is 33.8 Å². The molecule has 0 N–H and O–H groups in total. The van der Waals surface area contributed by atoms with Crippen molar-refractivity contribution >= 4 is 0 Å². The van der Waals surface area contributed by atoms with Gasteiger partial charge in [0.1, 0.15) is 11.5 Å². The van der Waals surface area contributed by atoms with Crippen molar-refractivity contribution in [3.8, 4) is 22.6 Å². The highest BCUT2D eigenvalue weighted by Gasteiger charge is 2.14. The molecule has 3 nitrogen and oxygen atoms in total. The van der Waals surface area contributed by atoms with Crippen LogP contribution in [0.15, 0.2) is 36.4 Å². The molecule has 2 aromatic carbocycles. The highest BCUT2D eigenvalue weighted by atomic mass is 16.5. The van der Waals surface area contributed by atoms with E-state index >= 15 is 0 Å². The van der Waals surface area contributed by atoms with E-state index in [2.05, 4.69) is 6.92 Å². The molecule has 0 unspecified atom stereocenters. The van der Waals surface area contributed by atoms with Gasteiger partial charge in [-0.15, -0.1) is 0 Å². The summed E-state index contributed by atoms with van der Waals surface area (Å²) in [4.78, 5) is 0. The van der Waals surface area contributed by atoms with Crippen molar-refractivity contribution in [2.45, 2.75) is 6.61 Å². The largest absolute Gasteiger partial charge is 0.496 e. The molecule has 0 fully saturated rings. The maximum atomic E-state index is 5.51. The van der Waals surface area contributed by atoms with E-state index in [0.29, 0.717) is 6.61 Å². The van der Waals surface area contributed by atoms with Crippen molar-refractivity contribution < 1.29 is 14.2 Å². The zero-order chi connectivity index (χ0) is 14.5. The molecule has 3 heteroatoms. The summed E-state index contributed by atoms with van der Waals surface area (Å²) in [5.41, 5.74) is 3.96. The minimum atomic E-state index is 0.519. The molecule has 0 heterocycles. The maximum absolute atomic E-state index is 5.51. The van der Waals surface area contributed by atoms with Crippen LogP contribution in [0.2, 0.25) is 0 Å². The first-order valence-corrected chi connectivity index (χ1v) is 6.35. The van der Waals surface area contributed by atoms with Crippen LogP contribution in [0.1, 0.15) is 11.1 Å². The van der Waals surface area contributed by atoms with Crippen LogP contribution in [0.25, 0.3) is 11.1 Å². The van der Waals surface area contributed by atoms with E-state index in [9.17, 15) is 0 Å². The molecule has 0 aliphatic rings. The Kier molecular flexibility index (Phi) is 4.64. The Balaban J connectivity index is 2.57. The Morgan fingerprint density at radius 1 is 0.900 bits per heavy atom. The predicted octanol–water partition coefficient (Wildman–Crippen LogP) is 3.70. The number of hydrogen-bond donors (Lipinski definition) is 0. The van der Waals surface area contributed by atoms with Gasteiger partial charge in [-0.05, 0) is 35.7 Å². The van der Waals surface area contributed by atoms with Crippen LogP contribution in [0.5, 0.6) is 11.5 Å². The van der Waals surface area contributed by atoms with Gasteiger partial charge in [-0.3, -0.25) is 0 Å². The SMILES string of the molecule is [CH2]c1ccc(-c2c(OC)cc(COC)cc2OC)cc1. The zero-order valence-electron chi connectivity index (χ0n) is 12.1. The third-order valence-corrected chi connectivity index (χ3v) is 3.12. The summed E-state index contributed by atoms with van der Waals surface area (Å²) in [6.07, 6.45) is 0. The second kappa shape index (κ2) is 6.44. The third-order valence-electron chi connectivity index (χ3n) is 3.12. The van der Waals surface area contributed by atoms with Crippen molar-refractivity contribution in [3.63, 3.8) is 0 Å². The van der Waals surface area contributed by atoms with Gasteiger partial charge in [0.15, 0.2) is 0 Å². The molecule has 1 radical (unpaired) electrons. The fraction of sp³-hybridized carbons (Fsp3) is 0.235. The van der Waals surface area contributed by atoms with Crippen LogP contribution in [0.4, 0.5) is 0 Å². The summed E-state index contributed by atoms with van der Waals surface area (Å²) in [7, 11) is 4.98. The van der Waals surface area contributed by atoms with Gasteiger partial charge in [0.25, 0.3) is 0 Å². The lowest BCUT2D eigenvalue weighted by atomic mass is 10.00. The number of benzene rings is 2. The fourth-order valence-electron chi connectivity index (χ4n) is 2.17. The van der Waals surface area contributed by atoms with Crippen LogP contribution in [-0.2, 0) is 11.3 Å². The first kappa shape index (κ1) is 14.4. The molecule has 0 atom stereocenters. The van der Waals surface area contributed by atoms with Gasteiger partial charge in [-0.25, -0.2) is 0 Å². The molecule has 0 aromatic heterocycles. The highest BCUT2D eigenvalue weighted by molar-refractivity contribution is 5.77. The monoisotopic (exact) mass is 271 g/mol. The topological polar surface area (TPSA) is 27.7 Å². The zero-order valence-corrected chi connectivity index (χ0v) is 12.1. The third kappa shape index (κ3) is 2.94. The number of hydrogen-bond acceptors (Lipinski definition) is 3. The van der Waals surface area contributed by atoms with Crippen molar-refractivity contribution in [1.82, 2.24) is 0 Å². The Morgan fingerprint density at radius 3 is 1.90 bits per heavy atom. The first-order chi connectivity index (χ1) is 9.69. The molecule has 2 rings (SSSR count). The van der Waals surface area contributed by atoms with Crippen molar-refractivity contribution in [3.05, 3.63) is 54.4 Å². The predicted molar refractivity (Wildman–Crippen MR) is 80.2 cm³/mol. The molecule has 0 saturated heterocycles. The minimum absolute atomic E-state index is 0.519. The Labute approximate surface area is 120 Å². The lowest BCUT2D eigenvalue weighted by molar-refractivity contribution is 0.184. The van der Waals surface area contributed by atoms with E-state index in [1.165, 1.54) is 0 Å². The van der Waals surface area contributed by atoms with E-state index in [4.69, 9.17) is 14.2 Å². The van der Waals surface area contributed by atoms with Crippen LogP contribution in [-0.4, -0.2) is 21.3 Å². The average molecular weight is 271 g/mol. The summed E-state index contributed by atoms with van der Waals surface area (Å²) in [5.74, 6) is 1.54. The number of ether oxygens (including phenoxy) is 3. The molecule has 2 aromatic rings. The van der Waals surface area contributed by atoms with Crippen molar-refractivity contribution in [2.24, 2.45) is 0 Å². The van der Waals surface area contributed by atoms with Crippen LogP contribution < -0.4 is 9.47 Å². The Hall–Kier alpha value is -2.00. The molecule has 0 spiro atoms. The molecule has 0 saturated carbocycles. The summed E-state index contributed by atoms with van der Waals surface area (Å²) in [5, 5.41) is 0. The summed E-state index contributed by atoms with van der Waals surface area (Å²) in [6.45, 7) is 4.42. The quantitative estimate of drug-likeness (QED) is 0.830. The second-order valence-corrected chi connectivity index (χ2v) is 4.51. The molecule has 0 bridgehead atoms. The normalized spacial score (nSPS) is 10.4. The van der Waals surface area contributed by atoms with E-state index in [1.54, 1.807) is 21.3 Å². The van der Waals surface area contributed by atoms with Gasteiger partial charge in [0.05, 0.1) is 26.4 Å². The Morgan fingerprint density at radius 2 is 1.45 bits per heavy atom. The molecule has 0 aliphatic heterocycles. The maximum Gasteiger partial charge on any atom is 0.130 e. The summed E-state index contributed by atoms with van der Waals surface area (Å²) >= 11 is 0. The number of rotatable bonds is 5. The van der Waals surface area contributed by atoms with Crippen molar-refractivity contribution in [1.29, 1.82) is 0 Å². The second-order valence-electron chi connectivity index (χ2n) is 4.51. The molecule has 0 amide bonds. The molecule has 105 valence electrons. The van der Waals surface area contributed by atoms with E-state index < -0.39 is 0 Å². The molecule has 20 heavy (non-hydrogen) atoms. The van der Waals surface area contributed by atoms with Crippen LogP contribution >= 0.6 is 0 Å². The Bertz CT molecular complexity index is 548. The molecular weight excluding hydrogens is 252 g/mol. The van der Waals surface area contributed by atoms with Crippen molar-refractivity contribution in [2.75, 3.05) is 21.3 Å². The van der Waals surface area contributed by atoms with E-state index in [-0.39, 0.29) is 0 Å². The average Bonchev–Trinajstić information content (AvgIpc) is 2.47. The van der Waals surface area contributed by atoms with Gasteiger partial charge in [0.2, 0.25) is 0 Å². The van der Waals surface area contributed by atoms with Crippen LogP contribution in [0, 0.1) is 6.92 Å².